The largest absolute Gasteiger partial charge is 0.342 e. The van der Waals surface area contributed by atoms with Crippen LogP contribution in [0.2, 0.25) is 0 Å². The number of hydrogen-bond donors (Lipinski definition) is 8. The quantitative estimate of drug-likeness (QED) is 0.165. The Morgan fingerprint density at radius 2 is 1.43 bits per heavy atom. The third kappa shape index (κ3) is 18.1. The zero-order chi connectivity index (χ0) is 16.9. The van der Waals surface area contributed by atoms with Crippen LogP contribution < -0.4 is 22.5 Å². The molecular formula is C9H28N4O6P2. The molecule has 0 saturated carbocycles. The molecule has 0 rings (SSSR count). The van der Waals surface area contributed by atoms with Gasteiger partial charge < -0.3 is 42.1 Å². The van der Waals surface area contributed by atoms with E-state index in [1.54, 1.807) is 0 Å². The van der Waals surface area contributed by atoms with Gasteiger partial charge in [-0.25, -0.2) is 0 Å². The molecular weight excluding hydrogens is 322 g/mol. The lowest BCUT2D eigenvalue weighted by Gasteiger charge is -2.19. The third-order valence-electron chi connectivity index (χ3n) is 2.27. The van der Waals surface area contributed by atoms with Gasteiger partial charge in [0, 0.05) is 32.3 Å². The molecule has 0 aliphatic heterocycles. The highest BCUT2D eigenvalue weighted by Gasteiger charge is 2.27. The normalized spacial score (nSPS) is 13.5. The van der Waals surface area contributed by atoms with Gasteiger partial charge in [0.1, 0.15) is 5.78 Å². The lowest BCUT2D eigenvalue weighted by molar-refractivity contribution is 0.340. The Kier molecular flexibility index (Phi) is 14.1. The molecule has 1 unspecified atom stereocenters. The van der Waals surface area contributed by atoms with E-state index in [9.17, 15) is 9.13 Å². The molecule has 0 bridgehead atoms. The van der Waals surface area contributed by atoms with Gasteiger partial charge in [0.05, 0.1) is 0 Å². The van der Waals surface area contributed by atoms with E-state index in [1.807, 2.05) is 0 Å². The molecule has 0 heterocycles. The van der Waals surface area contributed by atoms with E-state index in [4.69, 9.17) is 36.8 Å². The molecule has 0 aliphatic rings. The van der Waals surface area contributed by atoms with Gasteiger partial charge in [-0.3, -0.25) is 9.13 Å². The molecule has 0 amide bonds. The smallest absolute Gasteiger partial charge is 0.329 e. The van der Waals surface area contributed by atoms with Crippen LogP contribution in [0.4, 0.5) is 0 Å². The van der Waals surface area contributed by atoms with Crippen molar-refractivity contribution >= 4 is 15.2 Å². The van der Waals surface area contributed by atoms with Crippen molar-refractivity contribution in [2.75, 3.05) is 32.3 Å². The summed E-state index contributed by atoms with van der Waals surface area (Å²) < 4.78 is 21.6. The van der Waals surface area contributed by atoms with E-state index in [1.165, 1.54) is 0 Å². The fourth-order valence-corrected chi connectivity index (χ4v) is 2.82. The van der Waals surface area contributed by atoms with E-state index in [0.29, 0.717) is 19.5 Å². The molecule has 0 aliphatic carbocycles. The molecule has 21 heavy (non-hydrogen) atoms. The van der Waals surface area contributed by atoms with Crippen molar-refractivity contribution in [3.8, 4) is 0 Å². The van der Waals surface area contributed by atoms with Gasteiger partial charge in [0.25, 0.3) is 0 Å². The van der Waals surface area contributed by atoms with Crippen molar-refractivity contribution in [1.82, 2.24) is 5.32 Å². The van der Waals surface area contributed by atoms with Gasteiger partial charge in [0.2, 0.25) is 0 Å². The first-order valence-corrected chi connectivity index (χ1v) is 9.99. The van der Waals surface area contributed by atoms with Crippen molar-refractivity contribution in [2.24, 2.45) is 17.2 Å². The van der Waals surface area contributed by atoms with E-state index >= 15 is 0 Å². The summed E-state index contributed by atoms with van der Waals surface area (Å²) in [4.78, 5) is 35.3. The first-order chi connectivity index (χ1) is 9.58. The molecule has 0 saturated heterocycles. The SMILES string of the molecule is NCCN.NCCNC(CCCCP(=O)(O)O)P(=O)(O)O. The van der Waals surface area contributed by atoms with Crippen molar-refractivity contribution in [3.05, 3.63) is 0 Å². The lowest BCUT2D eigenvalue weighted by Crippen LogP contribution is -2.33. The Labute approximate surface area is 124 Å². The Hall–Kier alpha value is 0.140. The van der Waals surface area contributed by atoms with Crippen LogP contribution in [0.25, 0.3) is 0 Å². The summed E-state index contributed by atoms with van der Waals surface area (Å²) in [5.41, 5.74) is 15.0. The van der Waals surface area contributed by atoms with E-state index in [0.717, 1.165) is 0 Å². The predicted molar refractivity (Wildman–Crippen MR) is 81.8 cm³/mol. The van der Waals surface area contributed by atoms with E-state index in [-0.39, 0.29) is 32.1 Å². The first-order valence-electron chi connectivity index (χ1n) is 6.51. The Bertz CT molecular complexity index is 332. The summed E-state index contributed by atoms with van der Waals surface area (Å²) in [7, 11) is -8.27. The minimum atomic E-state index is -4.25. The van der Waals surface area contributed by atoms with Gasteiger partial charge in [-0.2, -0.15) is 0 Å². The average Bonchev–Trinajstić information content (AvgIpc) is 2.35. The monoisotopic (exact) mass is 350 g/mol. The summed E-state index contributed by atoms with van der Waals surface area (Å²) in [6.07, 6.45) is 0.450. The summed E-state index contributed by atoms with van der Waals surface area (Å²) in [5, 5.41) is 2.62. The second kappa shape index (κ2) is 12.7. The first kappa shape index (κ1) is 23.4. The van der Waals surface area contributed by atoms with Crippen molar-refractivity contribution in [1.29, 1.82) is 0 Å². The molecule has 0 spiro atoms. The molecule has 130 valence electrons. The highest BCUT2D eigenvalue weighted by atomic mass is 31.2. The Morgan fingerprint density at radius 1 is 0.905 bits per heavy atom. The van der Waals surface area contributed by atoms with Crippen molar-refractivity contribution in [3.63, 3.8) is 0 Å². The fraction of sp³-hybridized carbons (Fsp3) is 1.00. The molecule has 0 radical (unpaired) electrons. The third-order valence-corrected chi connectivity index (χ3v) is 4.43. The van der Waals surface area contributed by atoms with Gasteiger partial charge in [0.15, 0.2) is 0 Å². The van der Waals surface area contributed by atoms with Crippen LogP contribution in [0.5, 0.6) is 0 Å². The van der Waals surface area contributed by atoms with Crippen LogP contribution in [0, 0.1) is 0 Å². The van der Waals surface area contributed by atoms with Gasteiger partial charge >= 0.3 is 15.2 Å². The van der Waals surface area contributed by atoms with Crippen LogP contribution in [-0.2, 0) is 9.13 Å². The van der Waals surface area contributed by atoms with Gasteiger partial charge in [-0.1, -0.05) is 6.42 Å². The van der Waals surface area contributed by atoms with E-state index < -0.39 is 21.0 Å². The Morgan fingerprint density at radius 3 is 1.76 bits per heavy atom. The topological polar surface area (TPSA) is 205 Å². The number of rotatable bonds is 10. The second-order valence-corrected chi connectivity index (χ2v) is 7.89. The maximum absolute atomic E-state index is 11.1. The molecule has 10 nitrogen and oxygen atoms in total. The molecule has 1 atom stereocenters. The summed E-state index contributed by atoms with van der Waals surface area (Å²) in [5.74, 6) is -0.997. The van der Waals surface area contributed by atoms with Crippen LogP contribution in [0.15, 0.2) is 0 Å². The summed E-state index contributed by atoms with van der Waals surface area (Å²) in [6, 6.07) is 0. The molecule has 0 aromatic heterocycles. The number of hydrogen-bond acceptors (Lipinski definition) is 6. The summed E-state index contributed by atoms with van der Waals surface area (Å²) in [6.45, 7) is 1.74. The van der Waals surface area contributed by atoms with Crippen LogP contribution in [0.3, 0.4) is 0 Å². The molecule has 11 N–H and O–H groups in total. The zero-order valence-corrected chi connectivity index (χ0v) is 13.8. The van der Waals surface area contributed by atoms with Crippen LogP contribution >= 0.6 is 15.2 Å². The van der Waals surface area contributed by atoms with Crippen LogP contribution in [-0.4, -0.2) is 57.7 Å². The highest BCUT2D eigenvalue weighted by Crippen LogP contribution is 2.42. The van der Waals surface area contributed by atoms with Crippen LogP contribution in [0.1, 0.15) is 19.3 Å². The van der Waals surface area contributed by atoms with Gasteiger partial charge in [-0.05, 0) is 12.8 Å². The minimum absolute atomic E-state index is 0.157. The second-order valence-electron chi connectivity index (χ2n) is 4.31. The highest BCUT2D eigenvalue weighted by molar-refractivity contribution is 7.52. The van der Waals surface area contributed by atoms with Gasteiger partial charge in [-0.15, -0.1) is 0 Å². The summed E-state index contributed by atoms with van der Waals surface area (Å²) >= 11 is 0. The van der Waals surface area contributed by atoms with Crippen molar-refractivity contribution in [2.45, 2.75) is 25.0 Å². The molecule has 12 heteroatoms. The molecule has 0 aromatic carbocycles. The number of nitrogens with one attached hydrogen (secondary N) is 1. The maximum atomic E-state index is 11.1. The van der Waals surface area contributed by atoms with E-state index in [2.05, 4.69) is 5.32 Å². The minimum Gasteiger partial charge on any atom is -0.329 e. The Balaban J connectivity index is 0. The number of unbranched alkanes of at least 4 members (excludes halogenated alkanes) is 1. The number of nitrogens with two attached hydrogens (primary N) is 3. The fourth-order valence-electron chi connectivity index (χ4n) is 1.29. The molecule has 0 aromatic rings. The molecule has 0 fully saturated rings. The average molecular weight is 350 g/mol. The maximum Gasteiger partial charge on any atom is 0.342 e. The zero-order valence-electron chi connectivity index (χ0n) is 12.0. The lowest BCUT2D eigenvalue weighted by atomic mass is 10.2. The standard InChI is InChI=1S/C7H20N2O6P2.C2H8N2/c8-4-5-9-7(17(13,14)15)3-1-2-6-16(10,11)12;3-1-2-4/h7,9H,1-6,8H2,(H2,10,11,12)(H2,13,14,15);1-4H2. The van der Waals surface area contributed by atoms with Crippen molar-refractivity contribution < 1.29 is 28.7 Å². The predicted octanol–water partition coefficient (Wildman–Crippen LogP) is -1.71.